The number of carbonyl (C=O) groups excluding carboxylic acids is 1. The van der Waals surface area contributed by atoms with Crippen LogP contribution in [0, 0.1) is 11.2 Å². The van der Waals surface area contributed by atoms with E-state index in [4.69, 9.17) is 4.74 Å². The van der Waals surface area contributed by atoms with E-state index in [0.29, 0.717) is 53.7 Å². The molecule has 1 aliphatic carbocycles. The van der Waals surface area contributed by atoms with Crippen LogP contribution < -0.4 is 0 Å². The number of aromatic carboxylic acids is 1. The van der Waals surface area contributed by atoms with Crippen LogP contribution in [0.5, 0.6) is 0 Å². The molecule has 1 unspecified atom stereocenters. The first kappa shape index (κ1) is 33.0. The molecule has 2 atom stereocenters. The van der Waals surface area contributed by atoms with Gasteiger partial charge in [-0.1, -0.05) is 32.0 Å². The topological polar surface area (TPSA) is 66.8 Å². The number of halogens is 7. The molecule has 1 saturated heterocycles. The normalized spacial score (nSPS) is 20.2. The van der Waals surface area contributed by atoms with Crippen molar-refractivity contribution in [2.24, 2.45) is 5.41 Å². The first-order valence-corrected chi connectivity index (χ1v) is 14.5. The predicted octanol–water partition coefficient (Wildman–Crippen LogP) is 9.77. The number of ether oxygens (including phenoxy) is 1. The zero-order valence-electron chi connectivity index (χ0n) is 25.0. The highest BCUT2D eigenvalue weighted by Gasteiger charge is 2.44. The summed E-state index contributed by atoms with van der Waals surface area (Å²) in [5.74, 6) is -1.60. The Labute approximate surface area is 260 Å². The molecule has 2 aliphatic rings. The van der Waals surface area contributed by atoms with E-state index in [2.05, 4.69) is 0 Å². The van der Waals surface area contributed by atoms with Crippen LogP contribution in [0.1, 0.15) is 78.7 Å². The second-order valence-corrected chi connectivity index (χ2v) is 12.5. The van der Waals surface area contributed by atoms with Gasteiger partial charge in [-0.15, -0.1) is 0 Å². The fourth-order valence-electron chi connectivity index (χ4n) is 6.14. The number of benzene rings is 3. The Morgan fingerprint density at radius 1 is 0.935 bits per heavy atom. The Balaban J connectivity index is 1.51. The maximum Gasteiger partial charge on any atom is 0.416 e. The lowest BCUT2D eigenvalue weighted by atomic mass is 9.72. The Kier molecular flexibility index (Phi) is 8.46. The molecule has 1 aliphatic heterocycles. The lowest BCUT2D eigenvalue weighted by molar-refractivity contribution is -0.143. The average molecular weight is 650 g/mol. The number of allylic oxidation sites excluding steroid dienone is 1. The van der Waals surface area contributed by atoms with Gasteiger partial charge in [0.2, 0.25) is 0 Å². The molecule has 46 heavy (non-hydrogen) atoms. The van der Waals surface area contributed by atoms with E-state index < -0.39 is 59.1 Å². The first-order valence-electron chi connectivity index (χ1n) is 14.5. The van der Waals surface area contributed by atoms with Crippen molar-refractivity contribution in [3.63, 3.8) is 0 Å². The van der Waals surface area contributed by atoms with E-state index in [1.165, 1.54) is 30.0 Å². The molecule has 0 aromatic heterocycles. The molecule has 12 heteroatoms. The van der Waals surface area contributed by atoms with Crippen LogP contribution >= 0.6 is 0 Å². The van der Waals surface area contributed by atoms with Gasteiger partial charge in [0.25, 0.3) is 0 Å². The van der Waals surface area contributed by atoms with Crippen molar-refractivity contribution in [1.82, 2.24) is 4.90 Å². The van der Waals surface area contributed by atoms with Crippen molar-refractivity contribution in [3.8, 4) is 11.1 Å². The molecule has 3 aromatic carbocycles. The van der Waals surface area contributed by atoms with Gasteiger partial charge in [0.15, 0.2) is 0 Å². The van der Waals surface area contributed by atoms with Crippen LogP contribution in [0.3, 0.4) is 0 Å². The van der Waals surface area contributed by atoms with Crippen molar-refractivity contribution in [2.45, 2.75) is 64.5 Å². The highest BCUT2D eigenvalue weighted by molar-refractivity contribution is 5.88. The number of rotatable bonds is 6. The third-order valence-electron chi connectivity index (χ3n) is 8.62. The summed E-state index contributed by atoms with van der Waals surface area (Å²) in [7, 11) is 0. The van der Waals surface area contributed by atoms with Crippen LogP contribution in [0.2, 0.25) is 0 Å². The number of nitrogens with zero attached hydrogens (tertiary/aromatic N) is 1. The molecule has 244 valence electrons. The number of hydrogen-bond acceptors (Lipinski definition) is 3. The third-order valence-corrected chi connectivity index (χ3v) is 8.62. The number of amides is 1. The average Bonchev–Trinajstić information content (AvgIpc) is 3.25. The van der Waals surface area contributed by atoms with Crippen molar-refractivity contribution >= 4 is 17.6 Å². The van der Waals surface area contributed by atoms with Crippen LogP contribution in [0.25, 0.3) is 16.7 Å². The second kappa shape index (κ2) is 11.8. The molecule has 0 radical (unpaired) electrons. The van der Waals surface area contributed by atoms with Gasteiger partial charge >= 0.3 is 24.4 Å². The van der Waals surface area contributed by atoms with Crippen LogP contribution in [0.15, 0.2) is 66.2 Å². The summed E-state index contributed by atoms with van der Waals surface area (Å²) >= 11 is 0. The molecule has 1 fully saturated rings. The smallest absolute Gasteiger partial charge is 0.416 e. The quantitative estimate of drug-likeness (QED) is 0.270. The van der Waals surface area contributed by atoms with Crippen LogP contribution in [-0.2, 0) is 17.1 Å². The van der Waals surface area contributed by atoms with E-state index in [9.17, 15) is 41.0 Å². The molecule has 0 spiro atoms. The molecule has 0 bridgehead atoms. The summed E-state index contributed by atoms with van der Waals surface area (Å²) in [4.78, 5) is 25.6. The SMILES string of the molecule is CC1[C@@H](c2cc(C(F)(F)F)cc(C(F)(F)F)c2)OC(=O)N1CC1=C(c2cc(-c3ccc(C(=O)O)cc3)ccc2F)CCC(C)(C)C1. The summed E-state index contributed by atoms with van der Waals surface area (Å²) in [6.07, 6.45) is -10.9. The van der Waals surface area contributed by atoms with Gasteiger partial charge in [-0.3, -0.25) is 4.90 Å². The van der Waals surface area contributed by atoms with E-state index >= 15 is 4.39 Å². The maximum absolute atomic E-state index is 15.4. The van der Waals surface area contributed by atoms with Crippen molar-refractivity contribution in [2.75, 3.05) is 6.54 Å². The molecule has 1 amide bonds. The number of carboxylic acid groups (broad SMARTS) is 1. The Morgan fingerprint density at radius 2 is 1.52 bits per heavy atom. The number of carboxylic acids is 1. The minimum absolute atomic E-state index is 0.0209. The molecule has 5 rings (SSSR count). The molecule has 0 saturated carbocycles. The molecule has 3 aromatic rings. The standard InChI is InChI=1S/C34H30F7NO4/c1-18-29(22-12-24(33(36,37)38)15-25(13-22)34(39,40)41)46-31(45)42(18)17-23-16-32(2,3)11-10-26(23)27-14-21(8-9-28(27)35)19-4-6-20(7-5-19)30(43)44/h4-9,12-15,18,29H,10-11,16-17H2,1-3H3,(H,43,44)/t18?,29-/m0/s1. The van der Waals surface area contributed by atoms with E-state index in [1.807, 2.05) is 13.8 Å². The number of alkyl halides is 6. The van der Waals surface area contributed by atoms with E-state index in [-0.39, 0.29) is 29.2 Å². The lowest BCUT2D eigenvalue weighted by Gasteiger charge is -2.35. The van der Waals surface area contributed by atoms with Gasteiger partial charge in [-0.25, -0.2) is 14.0 Å². The number of carbonyl (C=O) groups is 2. The fraction of sp³-hybridized carbons (Fsp3) is 0.353. The van der Waals surface area contributed by atoms with Crippen molar-refractivity contribution in [3.05, 3.63) is 99.9 Å². The summed E-state index contributed by atoms with van der Waals surface area (Å²) in [5, 5.41) is 9.21. The fourth-order valence-corrected chi connectivity index (χ4v) is 6.14. The van der Waals surface area contributed by atoms with E-state index in [1.54, 1.807) is 24.3 Å². The minimum Gasteiger partial charge on any atom is -0.478 e. The highest BCUT2D eigenvalue weighted by Crippen LogP contribution is 2.46. The molecule has 1 heterocycles. The number of cyclic esters (lactones) is 1. The van der Waals surface area contributed by atoms with Crippen LogP contribution in [-0.4, -0.2) is 34.7 Å². The summed E-state index contributed by atoms with van der Waals surface area (Å²) in [6.45, 7) is 5.43. The van der Waals surface area contributed by atoms with Crippen molar-refractivity contribution in [1.29, 1.82) is 0 Å². The van der Waals surface area contributed by atoms with Crippen molar-refractivity contribution < 1.29 is 50.2 Å². The monoisotopic (exact) mass is 649 g/mol. The van der Waals surface area contributed by atoms with Gasteiger partial charge in [-0.05, 0) is 102 Å². The molecule has 1 N–H and O–H groups in total. The van der Waals surface area contributed by atoms with Gasteiger partial charge in [0, 0.05) is 12.1 Å². The summed E-state index contributed by atoms with van der Waals surface area (Å²) in [6, 6.07) is 10.8. The zero-order chi connectivity index (χ0) is 33.8. The Morgan fingerprint density at radius 3 is 2.09 bits per heavy atom. The first-order chi connectivity index (χ1) is 21.3. The molecule has 5 nitrogen and oxygen atoms in total. The van der Waals surface area contributed by atoms with Crippen LogP contribution in [0.4, 0.5) is 35.5 Å². The Bertz CT molecular complexity index is 1680. The molecular weight excluding hydrogens is 619 g/mol. The zero-order valence-corrected chi connectivity index (χ0v) is 25.0. The lowest BCUT2D eigenvalue weighted by Crippen LogP contribution is -2.35. The summed E-state index contributed by atoms with van der Waals surface area (Å²) < 4.78 is 102. The second-order valence-electron chi connectivity index (χ2n) is 12.5. The maximum atomic E-state index is 15.4. The van der Waals surface area contributed by atoms with Gasteiger partial charge in [0.05, 0.1) is 22.7 Å². The predicted molar refractivity (Wildman–Crippen MR) is 155 cm³/mol. The number of hydrogen-bond donors (Lipinski definition) is 1. The summed E-state index contributed by atoms with van der Waals surface area (Å²) in [5.41, 5.74) is -0.694. The molecular formula is C34H30F7NO4. The Hall–Kier alpha value is -4.35. The van der Waals surface area contributed by atoms with Gasteiger partial charge in [0.1, 0.15) is 11.9 Å². The third kappa shape index (κ3) is 6.75. The largest absolute Gasteiger partial charge is 0.478 e. The van der Waals surface area contributed by atoms with E-state index in [0.717, 1.165) is 0 Å². The highest BCUT2D eigenvalue weighted by atomic mass is 19.4. The van der Waals surface area contributed by atoms with Gasteiger partial charge in [-0.2, -0.15) is 26.3 Å². The minimum atomic E-state index is -5.06. The van der Waals surface area contributed by atoms with Gasteiger partial charge < -0.3 is 9.84 Å².